The van der Waals surface area contributed by atoms with Crippen LogP contribution in [0.4, 0.5) is 0 Å². The summed E-state index contributed by atoms with van der Waals surface area (Å²) in [7, 11) is 0. The van der Waals surface area contributed by atoms with E-state index < -0.39 is 0 Å². The number of benzene rings is 1. The minimum Gasteiger partial charge on any atom is -0.356 e. The molecule has 0 radical (unpaired) electrons. The molecule has 0 bridgehead atoms. The van der Waals surface area contributed by atoms with Crippen LogP contribution in [0, 0.1) is 6.92 Å². The van der Waals surface area contributed by atoms with Crippen LogP contribution in [-0.2, 0) is 0 Å². The van der Waals surface area contributed by atoms with Gasteiger partial charge in [0.25, 0.3) is 0 Å². The van der Waals surface area contributed by atoms with Crippen molar-refractivity contribution >= 4 is 11.0 Å². The molecule has 0 aliphatic heterocycles. The van der Waals surface area contributed by atoms with Crippen LogP contribution in [0.3, 0.4) is 0 Å². The number of hydrogen-bond donors (Lipinski definition) is 1. The molecular weight excluding hydrogens is 250 g/mol. The Labute approximate surface area is 120 Å². The number of aromatic amines is 1. The highest BCUT2D eigenvalue weighted by molar-refractivity contribution is 5.92. The second-order valence-electron chi connectivity index (χ2n) is 4.84. The summed E-state index contributed by atoms with van der Waals surface area (Å²) < 4.78 is 5.36. The van der Waals surface area contributed by atoms with Crippen molar-refractivity contribution in [1.82, 2.24) is 15.1 Å². The summed E-state index contributed by atoms with van der Waals surface area (Å²) in [6.07, 6.45) is 3.61. The zero-order chi connectivity index (χ0) is 14.7. The lowest BCUT2D eigenvalue weighted by Crippen LogP contribution is -1.89. The highest BCUT2D eigenvalue weighted by atomic mass is 16.5. The average molecular weight is 273 g/mol. The Bertz CT molecular complexity index is 700. The van der Waals surface area contributed by atoms with Gasteiger partial charge in [-0.15, -0.1) is 0 Å². The predicted molar refractivity (Wildman–Crippen MR) is 83.9 cm³/mol. The van der Waals surface area contributed by atoms with Gasteiger partial charge in [0.15, 0.2) is 5.58 Å². The second kappa shape index (κ2) is 5.90. The number of aryl methyl sites for hydroxylation is 1. The van der Waals surface area contributed by atoms with E-state index in [1.165, 1.54) is 5.56 Å². The number of nitrogens with zero attached hydrogens (tertiary/aromatic N) is 2. The van der Waals surface area contributed by atoms with Crippen molar-refractivity contribution in [3.05, 3.63) is 35.9 Å². The molecule has 0 saturated carbocycles. The zero-order valence-electron chi connectivity index (χ0n) is 12.7. The maximum atomic E-state index is 5.36. The monoisotopic (exact) mass is 273 g/mol. The van der Waals surface area contributed by atoms with Crippen LogP contribution in [0.15, 0.2) is 29.0 Å². The van der Waals surface area contributed by atoms with Crippen LogP contribution in [-0.4, -0.2) is 15.1 Å². The average Bonchev–Trinajstić information content (AvgIpc) is 3.11. The molecule has 108 valence electrons. The van der Waals surface area contributed by atoms with Crippen LogP contribution in [0.5, 0.6) is 0 Å². The van der Waals surface area contributed by atoms with Crippen molar-refractivity contribution in [3.8, 4) is 11.3 Å². The van der Waals surface area contributed by atoms with Crippen molar-refractivity contribution in [2.75, 3.05) is 0 Å². The Morgan fingerprint density at radius 1 is 1.20 bits per heavy atom. The van der Waals surface area contributed by atoms with E-state index in [0.29, 0.717) is 5.92 Å². The summed E-state index contributed by atoms with van der Waals surface area (Å²) in [5, 5.41) is 4.93. The quantitative estimate of drug-likeness (QED) is 0.720. The molecule has 0 fully saturated rings. The molecule has 0 saturated heterocycles. The highest BCUT2D eigenvalue weighted by Crippen LogP contribution is 2.30. The molecule has 4 heteroatoms. The van der Waals surface area contributed by atoms with Gasteiger partial charge in [-0.25, -0.2) is 4.98 Å². The molecule has 0 aliphatic carbocycles. The molecule has 1 aromatic carbocycles. The van der Waals surface area contributed by atoms with Crippen LogP contribution in [0.2, 0.25) is 0 Å². The molecule has 0 unspecified atom stereocenters. The summed E-state index contributed by atoms with van der Waals surface area (Å²) in [5.74, 6) is 1.37. The van der Waals surface area contributed by atoms with Gasteiger partial charge in [0.1, 0.15) is 5.82 Å². The number of aromatic nitrogens is 3. The second-order valence-corrected chi connectivity index (χ2v) is 4.84. The molecular formula is C16H23N3O. The third-order valence-corrected chi connectivity index (χ3v) is 3.17. The van der Waals surface area contributed by atoms with Gasteiger partial charge < -0.3 is 9.51 Å². The van der Waals surface area contributed by atoms with E-state index in [2.05, 4.69) is 42.0 Å². The van der Waals surface area contributed by atoms with E-state index in [-0.39, 0.29) is 1.43 Å². The Balaban J connectivity index is 0.000000706. The summed E-state index contributed by atoms with van der Waals surface area (Å²) in [6.45, 7) is 10.3. The van der Waals surface area contributed by atoms with Crippen molar-refractivity contribution < 1.29 is 5.95 Å². The standard InChI is InChI=1S/C14H15N3O.C2H6.H2/c1-8(2)14-15-7-12(17-14)10-5-4-9(3)11-6-16-18-13(10)11;1-2;/h4-8H,1-3H3,(H,15,17);1-2H3;1H. The Morgan fingerprint density at radius 2 is 1.95 bits per heavy atom. The maximum absolute atomic E-state index is 5.36. The summed E-state index contributed by atoms with van der Waals surface area (Å²) in [6, 6.07) is 4.12. The van der Waals surface area contributed by atoms with Crippen LogP contribution < -0.4 is 0 Å². The smallest absolute Gasteiger partial charge is 0.176 e. The molecule has 0 aliphatic rings. The Morgan fingerprint density at radius 3 is 2.60 bits per heavy atom. The number of hydrogen-bond acceptors (Lipinski definition) is 3. The van der Waals surface area contributed by atoms with E-state index in [0.717, 1.165) is 28.1 Å². The van der Waals surface area contributed by atoms with E-state index in [4.69, 9.17) is 4.52 Å². The van der Waals surface area contributed by atoms with Crippen molar-refractivity contribution in [2.24, 2.45) is 0 Å². The van der Waals surface area contributed by atoms with Gasteiger partial charge in [-0.1, -0.05) is 38.9 Å². The van der Waals surface area contributed by atoms with Gasteiger partial charge in [0.05, 0.1) is 18.1 Å². The number of nitrogens with one attached hydrogen (secondary N) is 1. The lowest BCUT2D eigenvalue weighted by atomic mass is 10.1. The van der Waals surface area contributed by atoms with Crippen LogP contribution in [0.1, 0.15) is 46.4 Å². The minimum atomic E-state index is 0. The minimum absolute atomic E-state index is 0. The number of H-pyrrole nitrogens is 1. The largest absolute Gasteiger partial charge is 0.356 e. The summed E-state index contributed by atoms with van der Waals surface area (Å²) in [4.78, 5) is 7.72. The van der Waals surface area contributed by atoms with Crippen molar-refractivity contribution in [2.45, 2.75) is 40.5 Å². The molecule has 20 heavy (non-hydrogen) atoms. The molecule has 4 nitrogen and oxygen atoms in total. The summed E-state index contributed by atoms with van der Waals surface area (Å²) in [5.41, 5.74) is 3.96. The van der Waals surface area contributed by atoms with Gasteiger partial charge in [-0.05, 0) is 18.6 Å². The highest BCUT2D eigenvalue weighted by Gasteiger charge is 2.13. The molecule has 3 rings (SSSR count). The Kier molecular flexibility index (Phi) is 4.23. The number of fused-ring (bicyclic) bond motifs is 1. The molecule has 2 heterocycles. The van der Waals surface area contributed by atoms with Crippen LogP contribution >= 0.6 is 0 Å². The lowest BCUT2D eigenvalue weighted by Gasteiger charge is -2.01. The lowest BCUT2D eigenvalue weighted by molar-refractivity contribution is 0.457. The van der Waals surface area contributed by atoms with Gasteiger partial charge in [-0.3, -0.25) is 0 Å². The zero-order valence-corrected chi connectivity index (χ0v) is 12.7. The maximum Gasteiger partial charge on any atom is 0.176 e. The van der Waals surface area contributed by atoms with Crippen molar-refractivity contribution in [1.29, 1.82) is 0 Å². The molecule has 0 spiro atoms. The van der Waals surface area contributed by atoms with Gasteiger partial charge in [0.2, 0.25) is 0 Å². The molecule has 3 aromatic rings. The third-order valence-electron chi connectivity index (χ3n) is 3.17. The number of rotatable bonds is 2. The van der Waals surface area contributed by atoms with Gasteiger partial charge in [0, 0.05) is 18.3 Å². The third kappa shape index (κ3) is 2.46. The van der Waals surface area contributed by atoms with Crippen LogP contribution in [0.25, 0.3) is 22.2 Å². The first-order chi connectivity index (χ1) is 9.66. The van der Waals surface area contributed by atoms with E-state index in [1.54, 1.807) is 6.20 Å². The molecule has 2 aromatic heterocycles. The van der Waals surface area contributed by atoms with E-state index in [9.17, 15) is 0 Å². The summed E-state index contributed by atoms with van der Waals surface area (Å²) >= 11 is 0. The van der Waals surface area contributed by atoms with E-state index >= 15 is 0 Å². The van der Waals surface area contributed by atoms with Crippen molar-refractivity contribution in [3.63, 3.8) is 0 Å². The first-order valence-corrected chi connectivity index (χ1v) is 7.06. The topological polar surface area (TPSA) is 54.7 Å². The number of imidazole rings is 1. The molecule has 0 atom stereocenters. The molecule has 1 N–H and O–H groups in total. The fourth-order valence-corrected chi connectivity index (χ4v) is 2.07. The van der Waals surface area contributed by atoms with E-state index in [1.807, 2.05) is 26.1 Å². The first-order valence-electron chi connectivity index (χ1n) is 7.06. The SMILES string of the molecule is CC.Cc1ccc(-c2cnc(C(C)C)[nH]2)c2oncc12.[HH]. The fraction of sp³-hybridized carbons (Fsp3) is 0.375. The normalized spacial score (nSPS) is 10.7. The fourth-order valence-electron chi connectivity index (χ4n) is 2.07. The first kappa shape index (κ1) is 14.3. The Hall–Kier alpha value is -2.10. The van der Waals surface area contributed by atoms with Gasteiger partial charge >= 0.3 is 0 Å². The van der Waals surface area contributed by atoms with Gasteiger partial charge in [-0.2, -0.15) is 0 Å². The molecule has 0 amide bonds. The predicted octanol–water partition coefficient (Wildman–Crippen LogP) is 4.92.